The molecule has 1 amide bonds. The predicted molar refractivity (Wildman–Crippen MR) is 100 cm³/mol. The lowest BCUT2D eigenvalue weighted by Gasteiger charge is -2.45. The second-order valence-corrected chi connectivity index (χ2v) is 7.58. The van der Waals surface area contributed by atoms with Crippen molar-refractivity contribution in [1.82, 2.24) is 19.7 Å². The molecule has 166 valence electrons. The molecule has 1 aromatic heterocycles. The van der Waals surface area contributed by atoms with Crippen molar-refractivity contribution in [2.24, 2.45) is 0 Å². The van der Waals surface area contributed by atoms with Crippen molar-refractivity contribution in [3.05, 3.63) is 71.1 Å². The normalized spacial score (nSPS) is 20.2. The van der Waals surface area contributed by atoms with Gasteiger partial charge in [-0.2, -0.15) is 13.2 Å². The molecule has 0 unspecified atom stereocenters. The van der Waals surface area contributed by atoms with Crippen molar-refractivity contribution >= 4 is 5.91 Å². The third-order valence-electron chi connectivity index (χ3n) is 5.66. The van der Waals surface area contributed by atoms with Gasteiger partial charge in [0.25, 0.3) is 5.91 Å². The first kappa shape index (κ1) is 20.6. The van der Waals surface area contributed by atoms with Gasteiger partial charge >= 0.3 is 6.18 Å². The monoisotopic (exact) mass is 450 g/mol. The van der Waals surface area contributed by atoms with Crippen molar-refractivity contribution < 1.29 is 31.5 Å². The Kier molecular flexibility index (Phi) is 4.73. The van der Waals surface area contributed by atoms with Crippen LogP contribution in [0.25, 0.3) is 11.4 Å². The van der Waals surface area contributed by atoms with Gasteiger partial charge in [-0.15, -0.1) is 10.2 Å². The van der Waals surface area contributed by atoms with Gasteiger partial charge in [0.2, 0.25) is 0 Å². The van der Waals surface area contributed by atoms with Crippen LogP contribution >= 0.6 is 0 Å². The van der Waals surface area contributed by atoms with Crippen LogP contribution < -0.4 is 0 Å². The van der Waals surface area contributed by atoms with Gasteiger partial charge in [0.1, 0.15) is 17.7 Å². The van der Waals surface area contributed by atoms with Gasteiger partial charge in [-0.05, 0) is 36.4 Å². The number of nitrogens with zero attached hydrogens (tertiary/aromatic N) is 4. The summed E-state index contributed by atoms with van der Waals surface area (Å²) in [4.78, 5) is 14.5. The Morgan fingerprint density at radius 2 is 1.78 bits per heavy atom. The largest absolute Gasteiger partial charge is 0.419 e. The number of amides is 1. The molecule has 2 aliphatic heterocycles. The van der Waals surface area contributed by atoms with Crippen molar-refractivity contribution in [2.45, 2.75) is 24.8 Å². The van der Waals surface area contributed by atoms with E-state index in [9.17, 15) is 26.7 Å². The fourth-order valence-electron chi connectivity index (χ4n) is 4.20. The van der Waals surface area contributed by atoms with E-state index in [0.717, 1.165) is 12.1 Å². The molecule has 1 saturated heterocycles. The number of carbonyl (C=O) groups is 1. The van der Waals surface area contributed by atoms with Crippen LogP contribution in [0, 0.1) is 11.6 Å². The molecule has 0 N–H and O–H groups in total. The number of aromatic nitrogens is 3. The maximum atomic E-state index is 14.6. The zero-order chi connectivity index (χ0) is 22.6. The summed E-state index contributed by atoms with van der Waals surface area (Å²) in [5, 5.41) is 8.32. The summed E-state index contributed by atoms with van der Waals surface area (Å²) in [6.45, 7) is 0.339. The van der Waals surface area contributed by atoms with Crippen LogP contribution in [-0.2, 0) is 17.5 Å². The van der Waals surface area contributed by atoms with Gasteiger partial charge in [0.15, 0.2) is 11.6 Å². The highest BCUT2D eigenvalue weighted by Crippen LogP contribution is 2.38. The van der Waals surface area contributed by atoms with Crippen LogP contribution in [0.4, 0.5) is 22.0 Å². The predicted octanol–water partition coefficient (Wildman–Crippen LogP) is 3.84. The molecule has 0 saturated carbocycles. The molecule has 0 aliphatic carbocycles. The van der Waals surface area contributed by atoms with Crippen molar-refractivity contribution in [1.29, 1.82) is 0 Å². The fraction of sp³-hybridized carbons (Fsp3) is 0.286. The van der Waals surface area contributed by atoms with Gasteiger partial charge in [0.05, 0.1) is 30.4 Å². The third-order valence-corrected chi connectivity index (χ3v) is 5.66. The molecule has 0 radical (unpaired) electrons. The van der Waals surface area contributed by atoms with Crippen LogP contribution in [0.3, 0.4) is 0 Å². The lowest BCUT2D eigenvalue weighted by Crippen LogP contribution is -2.56. The van der Waals surface area contributed by atoms with Crippen LogP contribution in [0.15, 0.2) is 42.5 Å². The highest BCUT2D eigenvalue weighted by molar-refractivity contribution is 5.95. The van der Waals surface area contributed by atoms with Gasteiger partial charge < -0.3 is 14.2 Å². The van der Waals surface area contributed by atoms with E-state index in [1.807, 2.05) is 0 Å². The van der Waals surface area contributed by atoms with Crippen molar-refractivity contribution in [3.8, 4) is 11.4 Å². The number of fused-ring (bicyclic) bond motifs is 4. The molecule has 2 aromatic carbocycles. The molecule has 0 spiro atoms. The van der Waals surface area contributed by atoms with E-state index in [1.165, 1.54) is 17.0 Å². The molecule has 3 heterocycles. The highest BCUT2D eigenvalue weighted by atomic mass is 19.4. The molecular weight excluding hydrogens is 435 g/mol. The first-order chi connectivity index (χ1) is 15.3. The van der Waals surface area contributed by atoms with Gasteiger partial charge in [-0.1, -0.05) is 6.07 Å². The van der Waals surface area contributed by atoms with Crippen molar-refractivity contribution in [2.75, 3.05) is 13.2 Å². The van der Waals surface area contributed by atoms with Gasteiger partial charge in [0, 0.05) is 12.1 Å². The number of ether oxygens (including phenoxy) is 1. The van der Waals surface area contributed by atoms with E-state index in [2.05, 4.69) is 10.2 Å². The van der Waals surface area contributed by atoms with Crippen LogP contribution in [0.2, 0.25) is 0 Å². The standard InChI is InChI=1S/C21H15F5N4O2/c22-12-6-4-11(5-7-12)18-27-28-19-16-10-32-9-13(8-29(18)19)30(16)20(31)14-2-1-3-15(17(14)23)21(24,25)26/h1-7,13,16H,8-10H2/t13-,16-/m1/s1. The number of hydrogen-bond donors (Lipinski definition) is 0. The van der Waals surface area contributed by atoms with Gasteiger partial charge in [-0.25, -0.2) is 8.78 Å². The minimum atomic E-state index is -4.93. The number of hydrogen-bond acceptors (Lipinski definition) is 4. The summed E-state index contributed by atoms with van der Waals surface area (Å²) in [7, 11) is 0. The smallest absolute Gasteiger partial charge is 0.377 e. The minimum Gasteiger partial charge on any atom is -0.377 e. The SMILES string of the molecule is O=C(c1cccc(C(F)(F)F)c1F)N1[C@H]2COC[C@@H]1c1nnc(-c3ccc(F)cc3)n1C2. The Morgan fingerprint density at radius 3 is 2.50 bits per heavy atom. The zero-order valence-electron chi connectivity index (χ0n) is 16.3. The molecule has 1 fully saturated rings. The minimum absolute atomic E-state index is 0.0321. The Hall–Kier alpha value is -3.34. The second kappa shape index (κ2) is 7.37. The summed E-state index contributed by atoms with van der Waals surface area (Å²) in [5.41, 5.74) is -1.54. The van der Waals surface area contributed by atoms with E-state index in [-0.39, 0.29) is 19.8 Å². The zero-order valence-corrected chi connectivity index (χ0v) is 16.3. The maximum Gasteiger partial charge on any atom is 0.419 e. The summed E-state index contributed by atoms with van der Waals surface area (Å²) in [5.74, 6) is -2.06. The first-order valence-electron chi connectivity index (χ1n) is 9.71. The molecule has 6 nitrogen and oxygen atoms in total. The Labute approximate surface area is 178 Å². The van der Waals surface area contributed by atoms with Crippen molar-refractivity contribution in [3.63, 3.8) is 0 Å². The topological polar surface area (TPSA) is 60.3 Å². The third kappa shape index (κ3) is 3.24. The lowest BCUT2D eigenvalue weighted by molar-refractivity contribution is -0.140. The molecule has 32 heavy (non-hydrogen) atoms. The molecule has 2 aliphatic rings. The first-order valence-corrected chi connectivity index (χ1v) is 9.71. The van der Waals surface area contributed by atoms with E-state index in [1.54, 1.807) is 16.7 Å². The number of benzene rings is 2. The molecule has 5 rings (SSSR count). The van der Waals surface area contributed by atoms with E-state index in [0.29, 0.717) is 23.3 Å². The quantitative estimate of drug-likeness (QED) is 0.557. The van der Waals surface area contributed by atoms with E-state index < -0.39 is 46.9 Å². The maximum absolute atomic E-state index is 14.6. The van der Waals surface area contributed by atoms with Gasteiger partial charge in [-0.3, -0.25) is 4.79 Å². The number of halogens is 5. The highest BCUT2D eigenvalue weighted by Gasteiger charge is 2.45. The average Bonchev–Trinajstić information content (AvgIpc) is 3.16. The van der Waals surface area contributed by atoms with Crippen LogP contribution in [0.1, 0.15) is 27.8 Å². The summed E-state index contributed by atoms with van der Waals surface area (Å²) in [6.07, 6.45) is -4.93. The fourth-order valence-corrected chi connectivity index (χ4v) is 4.20. The molecular formula is C21H15F5N4O2. The number of morpholine rings is 1. The molecule has 2 bridgehead atoms. The molecule has 3 aromatic rings. The summed E-state index contributed by atoms with van der Waals surface area (Å²) >= 11 is 0. The number of carbonyl (C=O) groups excluding carboxylic acids is 1. The van der Waals surface area contributed by atoms with E-state index in [4.69, 9.17) is 4.74 Å². The molecule has 11 heteroatoms. The lowest BCUT2D eigenvalue weighted by atomic mass is 10.0. The Morgan fingerprint density at radius 1 is 1.03 bits per heavy atom. The Balaban J connectivity index is 1.54. The number of alkyl halides is 3. The molecule has 2 atom stereocenters. The second-order valence-electron chi connectivity index (χ2n) is 7.58. The number of rotatable bonds is 2. The van der Waals surface area contributed by atoms with Crippen LogP contribution in [-0.4, -0.2) is 44.8 Å². The Bertz CT molecular complexity index is 1190. The summed E-state index contributed by atoms with van der Waals surface area (Å²) in [6, 6.07) is 6.98. The van der Waals surface area contributed by atoms with Crippen LogP contribution in [0.5, 0.6) is 0 Å². The van der Waals surface area contributed by atoms with E-state index >= 15 is 0 Å². The average molecular weight is 450 g/mol. The summed E-state index contributed by atoms with van der Waals surface area (Å²) < 4.78 is 74.6.